The number of benzene rings is 2. The molecule has 0 aliphatic carbocycles. The summed E-state index contributed by atoms with van der Waals surface area (Å²) < 4.78 is 7.16. The van der Waals surface area contributed by atoms with Crippen LogP contribution in [-0.4, -0.2) is 39.1 Å². The third-order valence-corrected chi connectivity index (χ3v) is 5.13. The molecule has 1 aromatic heterocycles. The molecule has 0 unspecified atom stereocenters. The summed E-state index contributed by atoms with van der Waals surface area (Å²) in [5.74, 6) is 1.42. The molecule has 3 rings (SSSR count). The molecule has 1 N–H and O–H groups in total. The van der Waals surface area contributed by atoms with Crippen molar-refractivity contribution in [3.63, 3.8) is 0 Å². The van der Waals surface area contributed by atoms with Gasteiger partial charge in [-0.3, -0.25) is 9.36 Å². The summed E-state index contributed by atoms with van der Waals surface area (Å²) in [4.78, 5) is 12.3. The second kappa shape index (κ2) is 8.88. The van der Waals surface area contributed by atoms with Gasteiger partial charge >= 0.3 is 0 Å². The van der Waals surface area contributed by atoms with Crippen LogP contribution >= 0.6 is 23.4 Å². The Morgan fingerprint density at radius 1 is 1.17 bits per heavy atom. The third kappa shape index (κ3) is 5.31. The molecule has 0 atom stereocenters. The summed E-state index contributed by atoms with van der Waals surface area (Å²) in [6.45, 7) is 5.85. The van der Waals surface area contributed by atoms with Gasteiger partial charge in [-0.2, -0.15) is 0 Å². The van der Waals surface area contributed by atoms with Gasteiger partial charge in [0.2, 0.25) is 5.91 Å². The van der Waals surface area contributed by atoms with Crippen LogP contribution in [-0.2, 0) is 4.79 Å². The lowest BCUT2D eigenvalue weighted by atomic mass is 10.1. The number of amides is 1. The Morgan fingerprint density at radius 2 is 1.90 bits per heavy atom. The van der Waals surface area contributed by atoms with E-state index in [0.29, 0.717) is 21.8 Å². The van der Waals surface area contributed by atoms with E-state index in [1.54, 1.807) is 19.2 Å². The van der Waals surface area contributed by atoms with E-state index in [1.807, 2.05) is 61.7 Å². The molecule has 0 fully saturated rings. The highest BCUT2D eigenvalue weighted by atomic mass is 35.5. The molecular formula is C21H23ClN4O2S. The Labute approximate surface area is 179 Å². The fourth-order valence-electron chi connectivity index (χ4n) is 2.75. The largest absolute Gasteiger partial charge is 0.495 e. The topological polar surface area (TPSA) is 69.0 Å². The van der Waals surface area contributed by atoms with Crippen molar-refractivity contribution < 1.29 is 9.53 Å². The van der Waals surface area contributed by atoms with Crippen LogP contribution < -0.4 is 10.1 Å². The fourth-order valence-corrected chi connectivity index (χ4v) is 3.75. The molecule has 0 spiro atoms. The Kier molecular flexibility index (Phi) is 6.49. The summed E-state index contributed by atoms with van der Waals surface area (Å²) in [6.07, 6.45) is 0. The molecule has 29 heavy (non-hydrogen) atoms. The van der Waals surface area contributed by atoms with Crippen molar-refractivity contribution >= 4 is 29.3 Å². The van der Waals surface area contributed by atoms with Crippen LogP contribution in [0.25, 0.3) is 17.1 Å². The van der Waals surface area contributed by atoms with Gasteiger partial charge in [-0.1, -0.05) is 53.7 Å². The van der Waals surface area contributed by atoms with Crippen LogP contribution in [0.15, 0.2) is 53.7 Å². The molecule has 0 radical (unpaired) electrons. The van der Waals surface area contributed by atoms with E-state index in [4.69, 9.17) is 16.3 Å². The zero-order chi connectivity index (χ0) is 21.0. The summed E-state index contributed by atoms with van der Waals surface area (Å²) in [7, 11) is 1.57. The van der Waals surface area contributed by atoms with Crippen LogP contribution in [0.2, 0.25) is 5.02 Å². The molecule has 6 nitrogen and oxygen atoms in total. The van der Waals surface area contributed by atoms with Gasteiger partial charge in [0, 0.05) is 11.1 Å². The molecule has 1 heterocycles. The van der Waals surface area contributed by atoms with Crippen LogP contribution in [0.5, 0.6) is 5.75 Å². The Balaban J connectivity index is 1.98. The van der Waals surface area contributed by atoms with Crippen molar-refractivity contribution in [1.29, 1.82) is 0 Å². The van der Waals surface area contributed by atoms with Crippen molar-refractivity contribution in [3.8, 4) is 22.8 Å². The number of hydrogen-bond donors (Lipinski definition) is 1. The maximum absolute atomic E-state index is 12.3. The molecule has 0 bridgehead atoms. The van der Waals surface area contributed by atoms with Gasteiger partial charge in [0.05, 0.1) is 23.6 Å². The summed E-state index contributed by atoms with van der Waals surface area (Å²) in [5.41, 5.74) is 1.42. The Hall–Kier alpha value is -2.51. The number of hydrogen-bond acceptors (Lipinski definition) is 5. The first-order valence-electron chi connectivity index (χ1n) is 9.07. The Morgan fingerprint density at radius 3 is 2.52 bits per heavy atom. The number of ether oxygens (including phenoxy) is 1. The van der Waals surface area contributed by atoms with Gasteiger partial charge in [-0.25, -0.2) is 0 Å². The van der Waals surface area contributed by atoms with E-state index in [1.165, 1.54) is 11.8 Å². The summed E-state index contributed by atoms with van der Waals surface area (Å²) >= 11 is 7.67. The maximum atomic E-state index is 12.3. The molecule has 0 saturated heterocycles. The summed E-state index contributed by atoms with van der Waals surface area (Å²) in [6, 6.07) is 15.3. The van der Waals surface area contributed by atoms with E-state index >= 15 is 0 Å². The van der Waals surface area contributed by atoms with Crippen LogP contribution in [0, 0.1) is 0 Å². The summed E-state index contributed by atoms with van der Waals surface area (Å²) in [5, 5.41) is 12.8. The second-order valence-corrected chi connectivity index (χ2v) is 8.76. The molecule has 2 aromatic carbocycles. The fraction of sp³-hybridized carbons (Fsp3) is 0.286. The zero-order valence-corrected chi connectivity index (χ0v) is 18.3. The van der Waals surface area contributed by atoms with Gasteiger partial charge in [0.15, 0.2) is 11.0 Å². The number of carbonyl (C=O) groups is 1. The SMILES string of the molecule is COc1ccc(-n2c(SCC(=O)NC(C)(C)C)nnc2-c2ccccc2)cc1Cl. The Bertz CT molecular complexity index is 1000. The first-order valence-corrected chi connectivity index (χ1v) is 10.4. The van der Waals surface area contributed by atoms with E-state index < -0.39 is 0 Å². The molecule has 0 saturated carbocycles. The number of aromatic nitrogens is 3. The molecule has 0 aliphatic heterocycles. The minimum absolute atomic E-state index is 0.0638. The predicted molar refractivity (Wildman–Crippen MR) is 117 cm³/mol. The number of halogens is 1. The minimum Gasteiger partial charge on any atom is -0.495 e. The number of nitrogens with one attached hydrogen (secondary N) is 1. The molecule has 1 amide bonds. The predicted octanol–water partition coefficient (Wildman–Crippen LogP) is 4.60. The number of rotatable bonds is 6. The standard InChI is InChI=1S/C21H23ClN4O2S/c1-21(2,3)23-18(27)13-29-20-25-24-19(14-8-6-5-7-9-14)26(20)15-10-11-17(28-4)16(22)12-15/h5-12H,13H2,1-4H3,(H,23,27). The molecule has 0 aliphatic rings. The number of thioether (sulfide) groups is 1. The van der Waals surface area contributed by atoms with E-state index in [-0.39, 0.29) is 17.2 Å². The van der Waals surface area contributed by atoms with Crippen LogP contribution in [0.1, 0.15) is 20.8 Å². The highest BCUT2D eigenvalue weighted by Gasteiger charge is 2.19. The smallest absolute Gasteiger partial charge is 0.230 e. The van der Waals surface area contributed by atoms with Crippen LogP contribution in [0.4, 0.5) is 0 Å². The lowest BCUT2D eigenvalue weighted by Gasteiger charge is -2.20. The molecule has 3 aromatic rings. The van der Waals surface area contributed by atoms with E-state index in [9.17, 15) is 4.79 Å². The van der Waals surface area contributed by atoms with Crippen LogP contribution in [0.3, 0.4) is 0 Å². The number of methoxy groups -OCH3 is 1. The van der Waals surface area contributed by atoms with E-state index in [2.05, 4.69) is 15.5 Å². The lowest BCUT2D eigenvalue weighted by Crippen LogP contribution is -2.41. The first kappa shape index (κ1) is 21.2. The van der Waals surface area contributed by atoms with Crippen molar-refractivity contribution in [2.75, 3.05) is 12.9 Å². The first-order chi connectivity index (χ1) is 13.8. The highest BCUT2D eigenvalue weighted by molar-refractivity contribution is 7.99. The molecular weight excluding hydrogens is 408 g/mol. The lowest BCUT2D eigenvalue weighted by molar-refractivity contribution is -0.119. The van der Waals surface area contributed by atoms with Gasteiger partial charge < -0.3 is 10.1 Å². The average Bonchev–Trinajstić information content (AvgIpc) is 3.09. The van der Waals surface area contributed by atoms with Crippen molar-refractivity contribution in [2.24, 2.45) is 0 Å². The number of nitrogens with zero attached hydrogens (tertiary/aromatic N) is 3. The van der Waals surface area contributed by atoms with Crippen molar-refractivity contribution in [2.45, 2.75) is 31.5 Å². The zero-order valence-electron chi connectivity index (χ0n) is 16.8. The quantitative estimate of drug-likeness (QED) is 0.578. The molecule has 8 heteroatoms. The van der Waals surface area contributed by atoms with Crippen molar-refractivity contribution in [1.82, 2.24) is 20.1 Å². The van der Waals surface area contributed by atoms with Gasteiger partial charge in [-0.15, -0.1) is 10.2 Å². The number of carbonyl (C=O) groups excluding carboxylic acids is 1. The third-order valence-electron chi connectivity index (χ3n) is 3.91. The second-order valence-electron chi connectivity index (χ2n) is 7.41. The van der Waals surface area contributed by atoms with Crippen molar-refractivity contribution in [3.05, 3.63) is 53.6 Å². The highest BCUT2D eigenvalue weighted by Crippen LogP contribution is 2.32. The average molecular weight is 431 g/mol. The minimum atomic E-state index is -0.288. The monoisotopic (exact) mass is 430 g/mol. The van der Waals surface area contributed by atoms with Gasteiger partial charge in [0.1, 0.15) is 5.75 Å². The van der Waals surface area contributed by atoms with Gasteiger partial charge in [0.25, 0.3) is 0 Å². The normalized spacial score (nSPS) is 11.3. The maximum Gasteiger partial charge on any atom is 0.230 e. The van der Waals surface area contributed by atoms with E-state index in [0.717, 1.165) is 11.3 Å². The van der Waals surface area contributed by atoms with Gasteiger partial charge in [-0.05, 0) is 39.0 Å². The molecule has 152 valence electrons.